The molecule has 0 atom stereocenters. The summed E-state index contributed by atoms with van der Waals surface area (Å²) in [5, 5.41) is 0. The summed E-state index contributed by atoms with van der Waals surface area (Å²) in [6.45, 7) is 6.11. The molecule has 2 aromatic carbocycles. The number of hydrogen-bond acceptors (Lipinski definition) is 3. The zero-order chi connectivity index (χ0) is 20.5. The van der Waals surface area contributed by atoms with E-state index < -0.39 is 27.0 Å². The van der Waals surface area contributed by atoms with Crippen molar-refractivity contribution in [3.63, 3.8) is 0 Å². The molecule has 1 N–H and O–H groups in total. The predicted octanol–water partition coefficient (Wildman–Crippen LogP) is 5.12. The number of ether oxygens (including phenoxy) is 1. The Morgan fingerprint density at radius 3 is 2.15 bits per heavy atom. The van der Waals surface area contributed by atoms with E-state index >= 15 is 0 Å². The number of rotatable bonds is 5. The predicted molar refractivity (Wildman–Crippen MR) is 100.0 cm³/mol. The van der Waals surface area contributed by atoms with Gasteiger partial charge in [-0.15, -0.1) is 13.2 Å². The van der Waals surface area contributed by atoms with Crippen LogP contribution < -0.4 is 9.46 Å². The zero-order valence-corrected chi connectivity index (χ0v) is 17.3. The molecule has 0 aliphatic carbocycles. The van der Waals surface area contributed by atoms with Crippen molar-refractivity contribution >= 4 is 26.0 Å². The summed E-state index contributed by atoms with van der Waals surface area (Å²) in [5.41, 5.74) is 1.73. The van der Waals surface area contributed by atoms with Crippen molar-refractivity contribution in [3.8, 4) is 5.75 Å². The van der Waals surface area contributed by atoms with Crippen molar-refractivity contribution in [2.24, 2.45) is 0 Å². The van der Waals surface area contributed by atoms with Crippen LogP contribution in [0.1, 0.15) is 31.9 Å². The van der Waals surface area contributed by atoms with Crippen molar-refractivity contribution in [2.75, 3.05) is 0 Å². The molecule has 0 spiro atoms. The summed E-state index contributed by atoms with van der Waals surface area (Å²) >= 11 is 3.01. The van der Waals surface area contributed by atoms with Gasteiger partial charge in [-0.25, -0.2) is 13.1 Å². The maximum absolute atomic E-state index is 12.6. The first-order valence-electron chi connectivity index (χ1n) is 7.92. The lowest BCUT2D eigenvalue weighted by Gasteiger charge is -2.19. The third-order valence-corrected chi connectivity index (χ3v) is 5.64. The second-order valence-corrected chi connectivity index (χ2v) is 9.56. The molecule has 0 saturated carbocycles. The van der Waals surface area contributed by atoms with E-state index in [-0.39, 0.29) is 16.4 Å². The van der Waals surface area contributed by atoms with Gasteiger partial charge in [0.05, 0.1) is 0 Å². The van der Waals surface area contributed by atoms with Crippen LogP contribution in [0.25, 0.3) is 0 Å². The van der Waals surface area contributed by atoms with Gasteiger partial charge < -0.3 is 4.74 Å². The quantitative estimate of drug-likeness (QED) is 0.666. The molecule has 0 aliphatic heterocycles. The Kier molecular flexibility index (Phi) is 6.28. The van der Waals surface area contributed by atoms with Gasteiger partial charge in [0.15, 0.2) is 5.75 Å². The fourth-order valence-corrected chi connectivity index (χ4v) is 3.75. The number of hydrogen-bond donors (Lipinski definition) is 1. The number of nitrogens with one attached hydrogen (secondary N) is 1. The standard InChI is InChI=1S/C18H19BrF3NO3S/c1-17(2,3)13-6-4-12(5-7-13)11-23-27(24,25)16-9-8-14(19)10-15(16)26-18(20,21)22/h4-10,23H,11H2,1-3H3. The molecule has 2 rings (SSSR count). The normalized spacial score (nSPS) is 12.9. The molecule has 0 aromatic heterocycles. The Bertz CT molecular complexity index is 905. The van der Waals surface area contributed by atoms with Gasteiger partial charge in [-0.05, 0) is 34.7 Å². The molecule has 4 nitrogen and oxygen atoms in total. The molecule has 9 heteroatoms. The molecular formula is C18H19BrF3NO3S. The Morgan fingerprint density at radius 1 is 1.04 bits per heavy atom. The van der Waals surface area contributed by atoms with Gasteiger partial charge in [0, 0.05) is 11.0 Å². The summed E-state index contributed by atoms with van der Waals surface area (Å²) in [5.74, 6) is -0.799. The summed E-state index contributed by atoms with van der Waals surface area (Å²) in [4.78, 5) is -0.589. The lowest BCUT2D eigenvalue weighted by Crippen LogP contribution is -2.25. The van der Waals surface area contributed by atoms with E-state index in [4.69, 9.17) is 0 Å². The van der Waals surface area contributed by atoms with Gasteiger partial charge in [0.25, 0.3) is 0 Å². The molecule has 0 heterocycles. The molecule has 0 unspecified atom stereocenters. The molecular weight excluding hydrogens is 447 g/mol. The largest absolute Gasteiger partial charge is 0.573 e. The van der Waals surface area contributed by atoms with E-state index in [1.54, 1.807) is 12.1 Å². The van der Waals surface area contributed by atoms with Crippen LogP contribution in [0, 0.1) is 0 Å². The van der Waals surface area contributed by atoms with E-state index in [1.807, 2.05) is 12.1 Å². The lowest BCUT2D eigenvalue weighted by atomic mass is 9.87. The first-order valence-corrected chi connectivity index (χ1v) is 10.2. The van der Waals surface area contributed by atoms with Crippen LogP contribution >= 0.6 is 15.9 Å². The van der Waals surface area contributed by atoms with Crippen molar-refractivity contribution in [1.82, 2.24) is 4.72 Å². The topological polar surface area (TPSA) is 55.4 Å². The van der Waals surface area contributed by atoms with Crippen LogP contribution in [0.3, 0.4) is 0 Å². The van der Waals surface area contributed by atoms with Crippen molar-refractivity contribution in [2.45, 2.75) is 44.0 Å². The Hall–Kier alpha value is -1.58. The minimum Gasteiger partial charge on any atom is -0.404 e. The molecule has 0 saturated heterocycles. The minimum absolute atomic E-state index is 0.0424. The highest BCUT2D eigenvalue weighted by Crippen LogP contribution is 2.32. The second kappa shape index (κ2) is 7.81. The van der Waals surface area contributed by atoms with Gasteiger partial charge in [-0.2, -0.15) is 0 Å². The van der Waals surface area contributed by atoms with Crippen LogP contribution in [-0.4, -0.2) is 14.8 Å². The van der Waals surface area contributed by atoms with Gasteiger partial charge in [0.1, 0.15) is 4.90 Å². The molecule has 27 heavy (non-hydrogen) atoms. The third-order valence-electron chi connectivity index (χ3n) is 3.71. The number of sulfonamides is 1. The highest BCUT2D eigenvalue weighted by molar-refractivity contribution is 9.10. The van der Waals surface area contributed by atoms with Crippen LogP contribution in [0.15, 0.2) is 51.8 Å². The van der Waals surface area contributed by atoms with Crippen LogP contribution in [-0.2, 0) is 22.0 Å². The Balaban J connectivity index is 2.22. The molecule has 0 aliphatic rings. The maximum Gasteiger partial charge on any atom is 0.573 e. The average molecular weight is 466 g/mol. The van der Waals surface area contributed by atoms with Crippen LogP contribution in [0.5, 0.6) is 5.75 Å². The summed E-state index contributed by atoms with van der Waals surface area (Å²) in [6, 6.07) is 10.7. The van der Waals surface area contributed by atoms with Gasteiger partial charge in [-0.3, -0.25) is 0 Å². The Morgan fingerprint density at radius 2 is 1.63 bits per heavy atom. The molecule has 0 bridgehead atoms. The number of benzene rings is 2. The highest BCUT2D eigenvalue weighted by atomic mass is 79.9. The average Bonchev–Trinajstić information content (AvgIpc) is 2.51. The summed E-state index contributed by atoms with van der Waals surface area (Å²) in [7, 11) is -4.21. The van der Waals surface area contributed by atoms with Crippen LogP contribution in [0.2, 0.25) is 0 Å². The Labute approximate surface area is 164 Å². The number of halogens is 4. The van der Waals surface area contributed by atoms with Crippen LogP contribution in [0.4, 0.5) is 13.2 Å². The van der Waals surface area contributed by atoms with E-state index in [0.29, 0.717) is 5.56 Å². The molecule has 0 radical (unpaired) electrons. The molecule has 0 amide bonds. The maximum atomic E-state index is 12.6. The summed E-state index contributed by atoms with van der Waals surface area (Å²) in [6.07, 6.45) is -5.01. The fourth-order valence-electron chi connectivity index (χ4n) is 2.29. The van der Waals surface area contributed by atoms with Crippen molar-refractivity contribution in [3.05, 3.63) is 58.1 Å². The number of alkyl halides is 3. The van der Waals surface area contributed by atoms with Gasteiger partial charge in [0.2, 0.25) is 10.0 Å². The molecule has 0 fully saturated rings. The van der Waals surface area contributed by atoms with E-state index in [9.17, 15) is 21.6 Å². The second-order valence-electron chi connectivity index (χ2n) is 6.91. The van der Waals surface area contributed by atoms with Crippen molar-refractivity contribution in [1.29, 1.82) is 0 Å². The first-order chi connectivity index (χ1) is 12.3. The highest BCUT2D eigenvalue weighted by Gasteiger charge is 2.34. The minimum atomic E-state index is -5.01. The molecule has 148 valence electrons. The third kappa shape index (κ3) is 6.22. The molecule has 2 aromatic rings. The monoisotopic (exact) mass is 465 g/mol. The van der Waals surface area contributed by atoms with Gasteiger partial charge >= 0.3 is 6.36 Å². The SMILES string of the molecule is CC(C)(C)c1ccc(CNS(=O)(=O)c2ccc(Br)cc2OC(F)(F)F)cc1. The van der Waals surface area contributed by atoms with Crippen molar-refractivity contribution < 1.29 is 26.3 Å². The first kappa shape index (κ1) is 21.7. The lowest BCUT2D eigenvalue weighted by molar-refractivity contribution is -0.275. The van der Waals surface area contributed by atoms with E-state index in [2.05, 4.69) is 46.2 Å². The zero-order valence-electron chi connectivity index (χ0n) is 14.9. The van der Waals surface area contributed by atoms with E-state index in [1.165, 1.54) is 6.07 Å². The van der Waals surface area contributed by atoms with E-state index in [0.717, 1.165) is 17.7 Å². The smallest absolute Gasteiger partial charge is 0.404 e. The van der Waals surface area contributed by atoms with Gasteiger partial charge in [-0.1, -0.05) is 61.0 Å². The summed E-state index contributed by atoms with van der Waals surface area (Å²) < 4.78 is 69.1. The fraction of sp³-hybridized carbons (Fsp3) is 0.333.